The van der Waals surface area contributed by atoms with E-state index in [1.807, 2.05) is 296 Å². The van der Waals surface area contributed by atoms with Gasteiger partial charge in [-0.2, -0.15) is 0 Å². The van der Waals surface area contributed by atoms with E-state index in [9.17, 15) is 33.9 Å². The number of nitrogens with one attached hydrogen (secondary N) is 6. The number of carbonyl (C=O) groups is 6. The van der Waals surface area contributed by atoms with Gasteiger partial charge in [-0.25, -0.2) is 0 Å². The second kappa shape index (κ2) is 58.0. The monoisotopic (exact) mass is 2070 g/mol. The summed E-state index contributed by atoms with van der Waals surface area (Å²) in [5, 5.41) is 30.6. The summed E-state index contributed by atoms with van der Waals surface area (Å²) in [6, 6.07) is 57.7. The van der Waals surface area contributed by atoms with Crippen molar-refractivity contribution in [2.24, 2.45) is 0 Å². The second-order valence-corrected chi connectivity index (χ2v) is 37.8. The molecule has 6 amide bonds. The van der Waals surface area contributed by atoms with Crippen LogP contribution in [0.3, 0.4) is 0 Å². The summed E-state index contributed by atoms with van der Waals surface area (Å²) in [4.78, 5) is 70.5. The van der Waals surface area contributed by atoms with E-state index in [-0.39, 0.29) is 55.3 Å². The first-order valence-corrected chi connectivity index (χ1v) is 51.0. The Morgan fingerprint density at radius 2 is 0.479 bits per heavy atom. The zero-order chi connectivity index (χ0) is 106. The summed E-state index contributed by atoms with van der Waals surface area (Å²) in [5.74, 6) is 4.97. The number of hydrogen-bond acceptors (Lipinski definition) is 14. The molecule has 0 aromatic heterocycles. The zero-order valence-electron chi connectivity index (χ0n) is 86.9. The molecule has 20 nitrogen and oxygen atoms in total. The number of carbonyl (C=O) groups excluding carboxylic acids is 6. The smallest absolute Gasteiger partial charge is 0.224 e. The van der Waals surface area contributed by atoms with Crippen molar-refractivity contribution >= 4 is 139 Å². The fourth-order valence-electron chi connectivity index (χ4n) is 14.6. The maximum absolute atomic E-state index is 11.9. The highest BCUT2D eigenvalue weighted by molar-refractivity contribution is 6.34. The normalized spacial score (nSPS) is 11.0. The van der Waals surface area contributed by atoms with Crippen molar-refractivity contribution in [2.75, 3.05) is 38.5 Å². The highest BCUT2D eigenvalue weighted by atomic mass is 35.5. The molecule has 12 aromatic rings. The van der Waals surface area contributed by atoms with Crippen LogP contribution in [0.5, 0.6) is 40.2 Å². The van der Waals surface area contributed by atoms with Crippen molar-refractivity contribution < 1.29 is 67.0 Å². The summed E-state index contributed by atoms with van der Waals surface area (Å²) in [6.07, 6.45) is 5.83. The van der Waals surface area contributed by atoms with Gasteiger partial charge in [-0.05, 0) is 339 Å². The van der Waals surface area contributed by atoms with Crippen LogP contribution in [0.1, 0.15) is 241 Å². The lowest BCUT2D eigenvalue weighted by molar-refractivity contribution is -0.116. The molecule has 26 heteroatoms. The predicted molar refractivity (Wildman–Crippen MR) is 592 cm³/mol. The zero-order valence-corrected chi connectivity index (χ0v) is 91.5. The van der Waals surface area contributed by atoms with Crippen LogP contribution in [0.15, 0.2) is 182 Å². The number of benzene rings is 12. The second-order valence-electron chi connectivity index (χ2n) is 35.3. The molecule has 766 valence electrons. The molecule has 7 N–H and O–H groups in total. The summed E-state index contributed by atoms with van der Waals surface area (Å²) < 4.78 is 41.3. The van der Waals surface area contributed by atoms with Crippen LogP contribution in [-0.4, -0.2) is 47.2 Å². The summed E-state index contributed by atoms with van der Waals surface area (Å²) in [6.45, 7) is 45.5. The summed E-state index contributed by atoms with van der Waals surface area (Å²) >= 11 is 37.7. The Kier molecular flexibility index (Phi) is 47.2. The van der Waals surface area contributed by atoms with Crippen LogP contribution in [0.25, 0.3) is 0 Å². The minimum atomic E-state index is -0.130. The van der Waals surface area contributed by atoms with E-state index in [2.05, 4.69) is 51.0 Å². The Morgan fingerprint density at radius 3 is 0.750 bits per heavy atom. The summed E-state index contributed by atoms with van der Waals surface area (Å²) in [5.41, 5.74) is 28.9. The Labute approximate surface area is 881 Å². The lowest BCUT2D eigenvalue weighted by Gasteiger charge is -2.17. The van der Waals surface area contributed by atoms with E-state index in [4.69, 9.17) is 103 Å². The number of halogens is 6. The number of rotatable bonds is 35. The fraction of sp³-hybridized carbons (Fsp3) is 0.339. The molecule has 0 bridgehead atoms. The van der Waals surface area contributed by atoms with Crippen LogP contribution >= 0.6 is 69.6 Å². The highest BCUT2D eigenvalue weighted by Gasteiger charge is 2.29. The van der Waals surface area contributed by atoms with Crippen LogP contribution in [0, 0.1) is 96.9 Å². The minimum absolute atomic E-state index is 0.00582. The third kappa shape index (κ3) is 35.0. The molecule has 0 saturated heterocycles. The molecular formula is C118H138Cl6N6O14. The molecule has 0 spiro atoms. The average molecular weight is 2080 g/mol. The Hall–Kier alpha value is -12.2. The van der Waals surface area contributed by atoms with Gasteiger partial charge in [0.15, 0.2) is 0 Å². The number of aryl methyl sites for hydroxylation is 15. The van der Waals surface area contributed by atoms with Gasteiger partial charge in [0.05, 0.1) is 54.6 Å². The van der Waals surface area contributed by atoms with Crippen molar-refractivity contribution in [2.45, 2.75) is 262 Å². The third-order valence-corrected chi connectivity index (χ3v) is 26.4. The molecule has 144 heavy (non-hydrogen) atoms. The molecule has 1 fully saturated rings. The van der Waals surface area contributed by atoms with Crippen LogP contribution in [-0.2, 0) is 81.4 Å². The molecule has 0 aliphatic heterocycles. The van der Waals surface area contributed by atoms with Gasteiger partial charge >= 0.3 is 0 Å². The van der Waals surface area contributed by atoms with Crippen LogP contribution in [0.4, 0.5) is 34.1 Å². The van der Waals surface area contributed by atoms with E-state index < -0.39 is 0 Å². The molecule has 0 radical (unpaired) electrons. The van der Waals surface area contributed by atoms with Crippen molar-refractivity contribution in [3.05, 3.63) is 340 Å². The number of amides is 6. The van der Waals surface area contributed by atoms with Gasteiger partial charge in [-0.15, -0.1) is 0 Å². The topological polar surface area (TPSA) is 259 Å². The molecule has 0 unspecified atom stereocenters. The molecular weight excluding hydrogens is 1940 g/mol. The van der Waals surface area contributed by atoms with Crippen molar-refractivity contribution in [3.8, 4) is 40.2 Å². The molecule has 13 rings (SSSR count). The number of ether oxygens (including phenoxy) is 7. The van der Waals surface area contributed by atoms with Gasteiger partial charge in [-0.1, -0.05) is 185 Å². The lowest BCUT2D eigenvalue weighted by atomic mass is 10.0. The standard InChI is InChI=1S/C21H24ClNO2.C20H24ClNO3.C20H24ClNO2.C19H22ClNO3.2C19H22ClNO2/c1-4-21(24)23-19-7-5-6-16(15-8-9-15)17(19)12-25-20-11-14(3)13(2)10-18(20)22;1-5-20(23)22-17-8-7-9-18(24-6-2)15(17)12-25-19-11-14(4)13(3)10-16(19)21;1-5-15-8-7-9-18(22-20(23)6-2)16(15)12-24-19-11-14(4)13(3)10-17(19)21;1-4-19(23)21-17-7-5-6-14(10-22)15(17)11-24-18-9-13(3)12(2)8-16(18)20;2*1-5-19(22)21-17-8-6-7-12(2)15(17)11-23-18-10-14(4)13(3)9-16(18)20/h5-7,10-11,15H,4,8-9,12H2,1-3H3,(H,23,24);7-11H,5-6,12H2,1-4H3,(H,22,23);7-11H,5-6,12H2,1-4H3,(H,22,23);5-9,22H,4,10-11H2,1-3H3,(H,21,23);2*6-10H,5,11H2,1-4H3,(H,21,22). The average Bonchev–Trinajstić information content (AvgIpc) is 1.62. The van der Waals surface area contributed by atoms with E-state index in [1.54, 1.807) is 19.1 Å². The van der Waals surface area contributed by atoms with E-state index >= 15 is 0 Å². The van der Waals surface area contributed by atoms with Gasteiger partial charge < -0.3 is 70.2 Å². The first-order valence-electron chi connectivity index (χ1n) is 48.7. The van der Waals surface area contributed by atoms with Crippen LogP contribution in [0.2, 0.25) is 30.1 Å². The molecule has 1 aliphatic carbocycles. The van der Waals surface area contributed by atoms with Crippen molar-refractivity contribution in [1.29, 1.82) is 0 Å². The van der Waals surface area contributed by atoms with E-state index in [0.29, 0.717) is 165 Å². The highest BCUT2D eigenvalue weighted by Crippen LogP contribution is 2.45. The van der Waals surface area contributed by atoms with E-state index in [1.165, 1.54) is 18.4 Å². The molecule has 0 heterocycles. The Morgan fingerprint density at radius 1 is 0.257 bits per heavy atom. The Balaban J connectivity index is 0.000000211. The number of aliphatic hydroxyl groups excluding tert-OH is 1. The lowest BCUT2D eigenvalue weighted by Crippen LogP contribution is -2.13. The molecule has 1 saturated carbocycles. The first kappa shape index (κ1) is 117. The Bertz CT molecular complexity index is 6220. The molecule has 1 aliphatic rings. The maximum Gasteiger partial charge on any atom is 0.224 e. The van der Waals surface area contributed by atoms with Crippen molar-refractivity contribution in [3.63, 3.8) is 0 Å². The SMILES string of the molecule is CCC(=O)Nc1cccc(C)c1COc1cc(C)c(C)cc1Cl.CCC(=O)Nc1cccc(C)c1COc1cc(C)c(C)cc1Cl.CCC(=O)Nc1cccc(C2CC2)c1COc1cc(C)c(C)cc1Cl.CCC(=O)Nc1cccc(CC)c1COc1cc(C)c(C)cc1Cl.CCC(=O)Nc1cccc(CO)c1COc1cc(C)c(C)cc1Cl.CCOc1cccc(NC(=O)CC)c1COc1cc(C)c(C)cc1Cl. The first-order chi connectivity index (χ1) is 68.7. The van der Waals surface area contributed by atoms with Gasteiger partial charge in [0.2, 0.25) is 35.4 Å². The third-order valence-electron chi connectivity index (χ3n) is 24.7. The van der Waals surface area contributed by atoms with Gasteiger partial charge in [0.25, 0.3) is 0 Å². The molecule has 0 atom stereocenters. The number of aliphatic hydroxyl groups is 1. The molecule has 12 aromatic carbocycles. The number of anilines is 6. The number of hydrogen-bond donors (Lipinski definition) is 7. The maximum atomic E-state index is 11.9. The largest absolute Gasteiger partial charge is 0.493 e. The fourth-order valence-corrected chi connectivity index (χ4v) is 16.3. The quantitative estimate of drug-likeness (QED) is 0.0195. The predicted octanol–water partition coefficient (Wildman–Crippen LogP) is 31.3. The van der Waals surface area contributed by atoms with Gasteiger partial charge in [0.1, 0.15) is 79.9 Å². The van der Waals surface area contributed by atoms with Gasteiger partial charge in [-0.3, -0.25) is 28.8 Å². The summed E-state index contributed by atoms with van der Waals surface area (Å²) in [7, 11) is 0. The van der Waals surface area contributed by atoms with Gasteiger partial charge in [0, 0.05) is 94.8 Å². The van der Waals surface area contributed by atoms with Crippen LogP contribution < -0.4 is 65.1 Å². The van der Waals surface area contributed by atoms with E-state index in [0.717, 1.165) is 146 Å². The minimum Gasteiger partial charge on any atom is -0.493 e. The van der Waals surface area contributed by atoms with Crippen molar-refractivity contribution in [1.82, 2.24) is 0 Å².